The molecule has 0 saturated carbocycles. The van der Waals surface area contributed by atoms with Gasteiger partial charge in [0.25, 0.3) is 0 Å². The van der Waals surface area contributed by atoms with Gasteiger partial charge in [-0.25, -0.2) is 0 Å². The highest BCUT2D eigenvalue weighted by Gasteiger charge is 2.09. The van der Waals surface area contributed by atoms with Gasteiger partial charge in [0.15, 0.2) is 0 Å². The van der Waals surface area contributed by atoms with Crippen LogP contribution in [-0.4, -0.2) is 13.2 Å². The summed E-state index contributed by atoms with van der Waals surface area (Å²) in [5.41, 5.74) is 2.94. The molecule has 86 valence electrons. The van der Waals surface area contributed by atoms with E-state index in [1.54, 1.807) is 0 Å². The molecule has 0 fully saturated rings. The standard InChI is InChI=1S/C14H18O2/c1-2-15-9-10-16-14-8-7-12-5-3-4-6-13(12)11-14/h2,7-8,11H,1,3-6,9-10H2. The second kappa shape index (κ2) is 5.59. The third-order valence-electron chi connectivity index (χ3n) is 2.91. The fourth-order valence-corrected chi connectivity index (χ4v) is 2.09. The molecule has 0 N–H and O–H groups in total. The van der Waals surface area contributed by atoms with E-state index in [0.717, 1.165) is 5.75 Å². The largest absolute Gasteiger partial charge is 0.498 e. The molecular weight excluding hydrogens is 200 g/mol. The second-order valence-electron chi connectivity index (χ2n) is 4.02. The monoisotopic (exact) mass is 218 g/mol. The maximum Gasteiger partial charge on any atom is 0.122 e. The van der Waals surface area contributed by atoms with E-state index < -0.39 is 0 Å². The van der Waals surface area contributed by atoms with Crippen LogP contribution in [0.3, 0.4) is 0 Å². The van der Waals surface area contributed by atoms with Crippen LogP contribution in [0.15, 0.2) is 31.0 Å². The van der Waals surface area contributed by atoms with Crippen molar-refractivity contribution in [3.63, 3.8) is 0 Å². The molecule has 0 aromatic heterocycles. The summed E-state index contributed by atoms with van der Waals surface area (Å²) in [6, 6.07) is 6.42. The van der Waals surface area contributed by atoms with E-state index in [1.807, 2.05) is 0 Å². The zero-order chi connectivity index (χ0) is 11.2. The molecule has 2 nitrogen and oxygen atoms in total. The Morgan fingerprint density at radius 2 is 1.94 bits per heavy atom. The molecule has 1 aliphatic rings. The van der Waals surface area contributed by atoms with Crippen LogP contribution in [0.2, 0.25) is 0 Å². The Morgan fingerprint density at radius 3 is 2.75 bits per heavy atom. The Morgan fingerprint density at radius 1 is 1.12 bits per heavy atom. The van der Waals surface area contributed by atoms with Crippen molar-refractivity contribution in [3.05, 3.63) is 42.2 Å². The Hall–Kier alpha value is -1.44. The maximum absolute atomic E-state index is 5.60. The van der Waals surface area contributed by atoms with Crippen molar-refractivity contribution >= 4 is 0 Å². The van der Waals surface area contributed by atoms with Crippen molar-refractivity contribution in [1.29, 1.82) is 0 Å². The molecule has 0 unspecified atom stereocenters. The van der Waals surface area contributed by atoms with Crippen LogP contribution >= 0.6 is 0 Å². The van der Waals surface area contributed by atoms with Crippen LogP contribution in [-0.2, 0) is 17.6 Å². The average Bonchev–Trinajstić information content (AvgIpc) is 2.34. The number of aryl methyl sites for hydroxylation is 2. The topological polar surface area (TPSA) is 18.5 Å². The Kier molecular flexibility index (Phi) is 3.86. The number of hydrogen-bond acceptors (Lipinski definition) is 2. The minimum Gasteiger partial charge on any atom is -0.498 e. The highest BCUT2D eigenvalue weighted by molar-refractivity contribution is 5.37. The van der Waals surface area contributed by atoms with Gasteiger partial charge in [-0.2, -0.15) is 0 Å². The van der Waals surface area contributed by atoms with Gasteiger partial charge >= 0.3 is 0 Å². The van der Waals surface area contributed by atoms with Gasteiger partial charge < -0.3 is 9.47 Å². The van der Waals surface area contributed by atoms with Crippen LogP contribution in [0.25, 0.3) is 0 Å². The molecule has 0 bridgehead atoms. The van der Waals surface area contributed by atoms with Crippen LogP contribution in [0.5, 0.6) is 5.75 Å². The molecule has 16 heavy (non-hydrogen) atoms. The van der Waals surface area contributed by atoms with Crippen molar-refractivity contribution in [3.8, 4) is 5.75 Å². The first-order chi connectivity index (χ1) is 7.90. The molecule has 0 radical (unpaired) electrons. The molecule has 0 saturated heterocycles. The predicted molar refractivity (Wildman–Crippen MR) is 64.7 cm³/mol. The van der Waals surface area contributed by atoms with Crippen LogP contribution in [0.1, 0.15) is 24.0 Å². The summed E-state index contributed by atoms with van der Waals surface area (Å²) in [4.78, 5) is 0. The van der Waals surface area contributed by atoms with Crippen molar-refractivity contribution in [2.24, 2.45) is 0 Å². The Balaban J connectivity index is 1.92. The van der Waals surface area contributed by atoms with Crippen molar-refractivity contribution in [1.82, 2.24) is 0 Å². The van der Waals surface area contributed by atoms with Gasteiger partial charge in [0, 0.05) is 0 Å². The Labute approximate surface area is 96.9 Å². The molecule has 1 aromatic rings. The molecule has 2 heteroatoms. The summed E-state index contributed by atoms with van der Waals surface area (Å²) in [6.45, 7) is 4.62. The lowest BCUT2D eigenvalue weighted by Gasteiger charge is -2.16. The number of benzene rings is 1. The van der Waals surface area contributed by atoms with Gasteiger partial charge in [-0.1, -0.05) is 12.6 Å². The third kappa shape index (κ3) is 2.78. The fourth-order valence-electron chi connectivity index (χ4n) is 2.09. The Bertz CT molecular complexity index is 358. The van der Waals surface area contributed by atoms with Gasteiger partial charge in [0.05, 0.1) is 6.26 Å². The van der Waals surface area contributed by atoms with E-state index >= 15 is 0 Å². The van der Waals surface area contributed by atoms with Gasteiger partial charge in [-0.15, -0.1) is 0 Å². The molecule has 0 atom stereocenters. The van der Waals surface area contributed by atoms with E-state index in [0.29, 0.717) is 13.2 Å². The van der Waals surface area contributed by atoms with E-state index in [-0.39, 0.29) is 0 Å². The summed E-state index contributed by atoms with van der Waals surface area (Å²) < 4.78 is 10.6. The van der Waals surface area contributed by atoms with E-state index in [2.05, 4.69) is 24.8 Å². The SMILES string of the molecule is C=COCCOc1ccc2c(c1)CCCC2. The van der Waals surface area contributed by atoms with Crippen molar-refractivity contribution in [2.75, 3.05) is 13.2 Å². The quantitative estimate of drug-likeness (QED) is 0.558. The van der Waals surface area contributed by atoms with E-state index in [4.69, 9.17) is 9.47 Å². The van der Waals surface area contributed by atoms with Crippen LogP contribution < -0.4 is 4.74 Å². The molecule has 0 heterocycles. The minimum absolute atomic E-state index is 0.556. The van der Waals surface area contributed by atoms with E-state index in [9.17, 15) is 0 Å². The molecule has 0 aliphatic heterocycles. The molecule has 1 aliphatic carbocycles. The highest BCUT2D eigenvalue weighted by atomic mass is 16.5. The van der Waals surface area contributed by atoms with E-state index in [1.165, 1.54) is 43.1 Å². The molecular formula is C14H18O2. The number of fused-ring (bicyclic) bond motifs is 1. The summed E-state index contributed by atoms with van der Waals surface area (Å²) in [7, 11) is 0. The third-order valence-corrected chi connectivity index (χ3v) is 2.91. The fraction of sp³-hybridized carbons (Fsp3) is 0.429. The zero-order valence-corrected chi connectivity index (χ0v) is 9.58. The lowest BCUT2D eigenvalue weighted by atomic mass is 9.92. The number of hydrogen-bond donors (Lipinski definition) is 0. The highest BCUT2D eigenvalue weighted by Crippen LogP contribution is 2.25. The smallest absolute Gasteiger partial charge is 0.122 e. The average molecular weight is 218 g/mol. The zero-order valence-electron chi connectivity index (χ0n) is 9.58. The molecule has 1 aromatic carbocycles. The summed E-state index contributed by atoms with van der Waals surface area (Å²) in [6.07, 6.45) is 6.47. The van der Waals surface area contributed by atoms with Crippen molar-refractivity contribution in [2.45, 2.75) is 25.7 Å². The maximum atomic E-state index is 5.60. The first-order valence-corrected chi connectivity index (χ1v) is 5.87. The summed E-state index contributed by atoms with van der Waals surface area (Å²) >= 11 is 0. The lowest BCUT2D eigenvalue weighted by Crippen LogP contribution is -2.06. The normalized spacial score (nSPS) is 14.0. The molecule has 0 amide bonds. The second-order valence-corrected chi connectivity index (χ2v) is 4.02. The first kappa shape index (κ1) is 11.1. The summed E-state index contributed by atoms with van der Waals surface area (Å²) in [5, 5.41) is 0. The number of ether oxygens (including phenoxy) is 2. The van der Waals surface area contributed by atoms with Crippen LogP contribution in [0, 0.1) is 0 Å². The molecule has 2 rings (SSSR count). The summed E-state index contributed by atoms with van der Waals surface area (Å²) in [5.74, 6) is 0.952. The minimum atomic E-state index is 0.556. The van der Waals surface area contributed by atoms with Gasteiger partial charge in [0.2, 0.25) is 0 Å². The van der Waals surface area contributed by atoms with Gasteiger partial charge in [0.1, 0.15) is 19.0 Å². The predicted octanol–water partition coefficient (Wildman–Crippen LogP) is 3.10. The van der Waals surface area contributed by atoms with Gasteiger partial charge in [-0.3, -0.25) is 0 Å². The van der Waals surface area contributed by atoms with Gasteiger partial charge in [-0.05, 0) is 48.9 Å². The first-order valence-electron chi connectivity index (χ1n) is 5.87. The lowest BCUT2D eigenvalue weighted by molar-refractivity contribution is 0.179. The van der Waals surface area contributed by atoms with Crippen LogP contribution in [0.4, 0.5) is 0 Å². The van der Waals surface area contributed by atoms with Crippen molar-refractivity contribution < 1.29 is 9.47 Å². The molecule has 0 spiro atoms. The number of rotatable bonds is 5.